The molecule has 1 aliphatic rings. The van der Waals surface area contributed by atoms with Gasteiger partial charge in [-0.15, -0.1) is 0 Å². The Balaban J connectivity index is 2.25. The van der Waals surface area contributed by atoms with Crippen LogP contribution in [0.5, 0.6) is 0 Å². The Morgan fingerprint density at radius 1 is 1.58 bits per heavy atom. The summed E-state index contributed by atoms with van der Waals surface area (Å²) in [7, 11) is 0. The minimum Gasteiger partial charge on any atom is -0.378 e. The molecule has 1 fully saturated rings. The van der Waals surface area contributed by atoms with Crippen molar-refractivity contribution < 1.29 is 4.74 Å². The summed E-state index contributed by atoms with van der Waals surface area (Å²) in [5.74, 6) is 0.472. The molecular weight excluding hydrogens is 262 g/mol. The Morgan fingerprint density at radius 3 is 2.95 bits per heavy atom. The van der Waals surface area contributed by atoms with Crippen molar-refractivity contribution in [1.29, 1.82) is 0 Å². The Morgan fingerprint density at radius 2 is 2.37 bits per heavy atom. The molecule has 0 saturated carbocycles. The summed E-state index contributed by atoms with van der Waals surface area (Å²) in [6, 6.07) is 0.233. The van der Waals surface area contributed by atoms with Crippen molar-refractivity contribution in [2.75, 3.05) is 13.2 Å². The Kier molecular flexibility index (Phi) is 5.25. The average molecular weight is 286 g/mol. The van der Waals surface area contributed by atoms with Crippen LogP contribution in [0.2, 0.25) is 5.02 Å². The first-order chi connectivity index (χ1) is 9.17. The van der Waals surface area contributed by atoms with E-state index in [1.807, 2.05) is 4.68 Å². The third-order valence-corrected chi connectivity index (χ3v) is 3.98. The number of ether oxygens (including phenoxy) is 1. The molecule has 0 radical (unpaired) electrons. The SMILES string of the molecule is CCCn1ncc(Cl)c1C(NCC)C1COC(C)C1. The van der Waals surface area contributed by atoms with Gasteiger partial charge in [-0.2, -0.15) is 5.10 Å². The van der Waals surface area contributed by atoms with E-state index in [1.165, 1.54) is 0 Å². The van der Waals surface area contributed by atoms with Gasteiger partial charge in [0, 0.05) is 12.5 Å². The number of aromatic nitrogens is 2. The summed E-state index contributed by atoms with van der Waals surface area (Å²) in [6.07, 6.45) is 4.23. The molecule has 108 valence electrons. The van der Waals surface area contributed by atoms with E-state index >= 15 is 0 Å². The molecule has 0 aliphatic carbocycles. The van der Waals surface area contributed by atoms with Crippen LogP contribution < -0.4 is 5.32 Å². The van der Waals surface area contributed by atoms with Crippen LogP contribution in [-0.2, 0) is 11.3 Å². The topological polar surface area (TPSA) is 39.1 Å². The van der Waals surface area contributed by atoms with E-state index in [1.54, 1.807) is 6.20 Å². The van der Waals surface area contributed by atoms with Gasteiger partial charge in [-0.3, -0.25) is 4.68 Å². The van der Waals surface area contributed by atoms with Gasteiger partial charge in [-0.1, -0.05) is 25.4 Å². The molecule has 0 aromatic carbocycles. The Hall–Kier alpha value is -0.580. The lowest BCUT2D eigenvalue weighted by molar-refractivity contribution is 0.116. The molecule has 19 heavy (non-hydrogen) atoms. The molecule has 3 unspecified atom stereocenters. The van der Waals surface area contributed by atoms with Crippen molar-refractivity contribution in [2.24, 2.45) is 5.92 Å². The van der Waals surface area contributed by atoms with Crippen LogP contribution in [-0.4, -0.2) is 29.0 Å². The lowest BCUT2D eigenvalue weighted by Gasteiger charge is -2.25. The molecule has 3 atom stereocenters. The van der Waals surface area contributed by atoms with Gasteiger partial charge in [0.05, 0.1) is 35.7 Å². The Labute approximate surface area is 120 Å². The number of rotatable bonds is 6. The molecule has 1 saturated heterocycles. The molecule has 1 aliphatic heterocycles. The average Bonchev–Trinajstić information content (AvgIpc) is 2.95. The molecule has 1 aromatic heterocycles. The smallest absolute Gasteiger partial charge is 0.0834 e. The van der Waals surface area contributed by atoms with E-state index in [2.05, 4.69) is 31.2 Å². The van der Waals surface area contributed by atoms with Gasteiger partial charge in [0.25, 0.3) is 0 Å². The zero-order valence-corrected chi connectivity index (χ0v) is 12.8. The van der Waals surface area contributed by atoms with Gasteiger partial charge in [0.2, 0.25) is 0 Å². The first-order valence-corrected chi connectivity index (χ1v) is 7.61. The lowest BCUT2D eigenvalue weighted by atomic mass is 9.94. The maximum atomic E-state index is 6.36. The fourth-order valence-corrected chi connectivity index (χ4v) is 3.12. The monoisotopic (exact) mass is 285 g/mol. The largest absolute Gasteiger partial charge is 0.378 e. The second kappa shape index (κ2) is 6.73. The van der Waals surface area contributed by atoms with Gasteiger partial charge >= 0.3 is 0 Å². The number of nitrogens with zero attached hydrogens (tertiary/aromatic N) is 2. The normalized spacial score (nSPS) is 24.8. The predicted molar refractivity (Wildman–Crippen MR) is 77.5 cm³/mol. The highest BCUT2D eigenvalue weighted by molar-refractivity contribution is 6.31. The molecule has 0 spiro atoms. The van der Waals surface area contributed by atoms with E-state index in [-0.39, 0.29) is 6.04 Å². The minimum atomic E-state index is 0.233. The highest BCUT2D eigenvalue weighted by Gasteiger charge is 2.33. The minimum absolute atomic E-state index is 0.233. The molecule has 1 aromatic rings. The van der Waals surface area contributed by atoms with Gasteiger partial charge in [0.15, 0.2) is 0 Å². The molecule has 2 rings (SSSR count). The van der Waals surface area contributed by atoms with Crippen LogP contribution in [0.25, 0.3) is 0 Å². The van der Waals surface area contributed by atoms with Crippen LogP contribution in [0.15, 0.2) is 6.20 Å². The van der Waals surface area contributed by atoms with Crippen molar-refractivity contribution in [3.8, 4) is 0 Å². The molecule has 0 bridgehead atoms. The van der Waals surface area contributed by atoms with E-state index in [9.17, 15) is 0 Å². The molecule has 1 N–H and O–H groups in total. The highest BCUT2D eigenvalue weighted by atomic mass is 35.5. The maximum Gasteiger partial charge on any atom is 0.0834 e. The fourth-order valence-electron chi connectivity index (χ4n) is 2.86. The highest BCUT2D eigenvalue weighted by Crippen LogP contribution is 2.34. The number of halogens is 1. The lowest BCUT2D eigenvalue weighted by Crippen LogP contribution is -2.31. The van der Waals surface area contributed by atoms with Crippen molar-refractivity contribution >= 4 is 11.6 Å². The fraction of sp³-hybridized carbons (Fsp3) is 0.786. The zero-order valence-electron chi connectivity index (χ0n) is 12.0. The number of aryl methyl sites for hydroxylation is 1. The summed E-state index contributed by atoms with van der Waals surface area (Å²) in [5, 5.41) is 8.73. The van der Waals surface area contributed by atoms with Crippen LogP contribution >= 0.6 is 11.6 Å². The van der Waals surface area contributed by atoms with E-state index < -0.39 is 0 Å². The molecule has 4 nitrogen and oxygen atoms in total. The third-order valence-electron chi connectivity index (χ3n) is 3.69. The van der Waals surface area contributed by atoms with Crippen molar-refractivity contribution in [3.63, 3.8) is 0 Å². The molecular formula is C14H24ClN3O. The zero-order chi connectivity index (χ0) is 13.8. The van der Waals surface area contributed by atoms with Crippen molar-refractivity contribution in [1.82, 2.24) is 15.1 Å². The maximum absolute atomic E-state index is 6.36. The van der Waals surface area contributed by atoms with Crippen LogP contribution in [0.3, 0.4) is 0 Å². The summed E-state index contributed by atoms with van der Waals surface area (Å²) in [6.45, 7) is 9.04. The third kappa shape index (κ3) is 3.30. The van der Waals surface area contributed by atoms with Crippen molar-refractivity contribution in [3.05, 3.63) is 16.9 Å². The second-order valence-corrected chi connectivity index (χ2v) is 5.68. The second-order valence-electron chi connectivity index (χ2n) is 5.28. The van der Waals surface area contributed by atoms with Gasteiger partial charge in [-0.25, -0.2) is 0 Å². The van der Waals surface area contributed by atoms with Crippen molar-refractivity contribution in [2.45, 2.75) is 52.3 Å². The Bertz CT molecular complexity index is 407. The van der Waals surface area contributed by atoms with E-state index in [4.69, 9.17) is 16.3 Å². The summed E-state index contributed by atoms with van der Waals surface area (Å²) >= 11 is 6.36. The van der Waals surface area contributed by atoms with E-state index in [0.717, 1.165) is 43.3 Å². The summed E-state index contributed by atoms with van der Waals surface area (Å²) < 4.78 is 7.76. The molecule has 0 amide bonds. The number of hydrogen-bond donors (Lipinski definition) is 1. The quantitative estimate of drug-likeness (QED) is 0.873. The van der Waals surface area contributed by atoms with Crippen LogP contribution in [0.4, 0.5) is 0 Å². The summed E-state index contributed by atoms with van der Waals surface area (Å²) in [5.41, 5.74) is 1.12. The standard InChI is InChI=1S/C14H24ClN3O/c1-4-6-18-14(12(15)8-17-18)13(16-5-2)11-7-10(3)19-9-11/h8,10-11,13,16H,4-7,9H2,1-3H3. The van der Waals surface area contributed by atoms with Gasteiger partial charge in [-0.05, 0) is 26.3 Å². The molecule has 5 heteroatoms. The van der Waals surface area contributed by atoms with Crippen LogP contribution in [0, 0.1) is 5.92 Å². The van der Waals surface area contributed by atoms with Gasteiger partial charge < -0.3 is 10.1 Å². The first kappa shape index (κ1) is 14.8. The van der Waals surface area contributed by atoms with Gasteiger partial charge in [0.1, 0.15) is 0 Å². The first-order valence-electron chi connectivity index (χ1n) is 7.23. The number of hydrogen-bond acceptors (Lipinski definition) is 3. The number of nitrogens with one attached hydrogen (secondary N) is 1. The molecule has 2 heterocycles. The summed E-state index contributed by atoms with van der Waals surface area (Å²) in [4.78, 5) is 0. The van der Waals surface area contributed by atoms with E-state index in [0.29, 0.717) is 12.0 Å². The predicted octanol–water partition coefficient (Wildman–Crippen LogP) is 3.02. The van der Waals surface area contributed by atoms with Crippen LogP contribution in [0.1, 0.15) is 45.3 Å².